The molecule has 2 aromatic rings. The average Bonchev–Trinajstić information content (AvgIpc) is 3.00. The van der Waals surface area contributed by atoms with Crippen LogP contribution >= 0.6 is 11.3 Å². The van der Waals surface area contributed by atoms with Crippen molar-refractivity contribution in [1.29, 1.82) is 0 Å². The average molecular weight is 344 g/mol. The molecule has 1 amide bonds. The third-order valence-corrected chi connectivity index (χ3v) is 4.44. The summed E-state index contributed by atoms with van der Waals surface area (Å²) in [5.41, 5.74) is 3.10. The lowest BCUT2D eigenvalue weighted by molar-refractivity contribution is 0.0955. The molecular formula is C19H24N2O2S. The molecule has 0 aliphatic rings. The van der Waals surface area contributed by atoms with Crippen LogP contribution in [0.3, 0.4) is 0 Å². The second kappa shape index (κ2) is 9.88. The Hall–Kier alpha value is -2.14. The maximum atomic E-state index is 12.0. The molecule has 1 heterocycles. The largest absolute Gasteiger partial charge is 0.494 e. The van der Waals surface area contributed by atoms with Crippen LogP contribution in [0.2, 0.25) is 0 Å². The molecule has 128 valence electrons. The van der Waals surface area contributed by atoms with E-state index in [1.807, 2.05) is 31.2 Å². The van der Waals surface area contributed by atoms with Gasteiger partial charge in [0.15, 0.2) is 0 Å². The molecule has 2 rings (SSSR count). The van der Waals surface area contributed by atoms with Crippen LogP contribution in [-0.2, 0) is 0 Å². The molecule has 5 heteroatoms. The van der Waals surface area contributed by atoms with Crippen LogP contribution in [0.4, 0.5) is 0 Å². The van der Waals surface area contributed by atoms with Crippen LogP contribution in [0.5, 0.6) is 5.75 Å². The van der Waals surface area contributed by atoms with Gasteiger partial charge in [0, 0.05) is 15.3 Å². The first-order chi connectivity index (χ1) is 11.7. The van der Waals surface area contributed by atoms with E-state index in [1.54, 1.807) is 29.7 Å². The van der Waals surface area contributed by atoms with Gasteiger partial charge in [0.25, 0.3) is 5.91 Å². The van der Waals surface area contributed by atoms with Gasteiger partial charge in [0.1, 0.15) is 5.75 Å². The minimum atomic E-state index is -0.228. The number of nitrogens with one attached hydrogen (secondary N) is 1. The van der Waals surface area contributed by atoms with Gasteiger partial charge in [0.2, 0.25) is 0 Å². The topological polar surface area (TPSA) is 50.7 Å². The standard InChI is InChI=1S/C19H24N2O2S/c1-3-4-5-6-13-23-17-10-8-16(9-11-17)19(22)21-20-14-18-12-7-15(2)24-18/h7-12,14H,3-6,13H2,1-2H3,(H,21,22)/b20-14+. The van der Waals surface area contributed by atoms with E-state index in [0.29, 0.717) is 5.56 Å². The molecule has 4 nitrogen and oxygen atoms in total. The molecule has 0 unspecified atom stereocenters. The summed E-state index contributed by atoms with van der Waals surface area (Å²) in [5, 5.41) is 3.99. The molecule has 0 radical (unpaired) electrons. The number of amides is 1. The molecule has 0 aliphatic carbocycles. The fraction of sp³-hybridized carbons (Fsp3) is 0.368. The Kier molecular flexibility index (Phi) is 7.49. The van der Waals surface area contributed by atoms with Crippen LogP contribution in [0.15, 0.2) is 41.5 Å². The summed E-state index contributed by atoms with van der Waals surface area (Å²) in [6.07, 6.45) is 6.38. The van der Waals surface area contributed by atoms with Gasteiger partial charge in [-0.15, -0.1) is 11.3 Å². The molecule has 0 spiro atoms. The van der Waals surface area contributed by atoms with Crippen molar-refractivity contribution in [2.75, 3.05) is 6.61 Å². The Morgan fingerprint density at radius 1 is 1.17 bits per heavy atom. The number of carbonyl (C=O) groups excluding carboxylic acids is 1. The van der Waals surface area contributed by atoms with Gasteiger partial charge in [-0.25, -0.2) is 5.43 Å². The smallest absolute Gasteiger partial charge is 0.271 e. The predicted molar refractivity (Wildman–Crippen MR) is 100 cm³/mol. The van der Waals surface area contributed by atoms with Gasteiger partial charge in [-0.2, -0.15) is 5.10 Å². The lowest BCUT2D eigenvalue weighted by Gasteiger charge is -2.06. The number of hydrazone groups is 1. The summed E-state index contributed by atoms with van der Waals surface area (Å²) >= 11 is 1.63. The van der Waals surface area contributed by atoms with Crippen molar-refractivity contribution in [3.05, 3.63) is 51.7 Å². The van der Waals surface area contributed by atoms with Crippen molar-refractivity contribution >= 4 is 23.5 Å². The number of benzene rings is 1. The number of hydrogen-bond donors (Lipinski definition) is 1. The van der Waals surface area contributed by atoms with E-state index in [-0.39, 0.29) is 5.91 Å². The lowest BCUT2D eigenvalue weighted by Crippen LogP contribution is -2.17. The first-order valence-corrected chi connectivity index (χ1v) is 9.13. The minimum absolute atomic E-state index is 0.228. The number of aryl methyl sites for hydroxylation is 1. The highest BCUT2D eigenvalue weighted by molar-refractivity contribution is 7.13. The van der Waals surface area contributed by atoms with Crippen molar-refractivity contribution in [3.8, 4) is 5.75 Å². The minimum Gasteiger partial charge on any atom is -0.494 e. The summed E-state index contributed by atoms with van der Waals surface area (Å²) in [6.45, 7) is 4.94. The highest BCUT2D eigenvalue weighted by Gasteiger charge is 2.04. The molecule has 0 aliphatic heterocycles. The number of unbranched alkanes of at least 4 members (excludes halogenated alkanes) is 3. The van der Waals surface area contributed by atoms with E-state index >= 15 is 0 Å². The van der Waals surface area contributed by atoms with Crippen molar-refractivity contribution in [1.82, 2.24) is 5.43 Å². The highest BCUT2D eigenvalue weighted by atomic mass is 32.1. The van der Waals surface area contributed by atoms with E-state index in [2.05, 4.69) is 17.5 Å². The molecular weight excluding hydrogens is 320 g/mol. The summed E-state index contributed by atoms with van der Waals surface area (Å²) in [4.78, 5) is 14.3. The number of ether oxygens (including phenoxy) is 1. The summed E-state index contributed by atoms with van der Waals surface area (Å²) in [5.74, 6) is 0.564. The first kappa shape index (κ1) is 18.2. The van der Waals surface area contributed by atoms with Crippen LogP contribution < -0.4 is 10.2 Å². The van der Waals surface area contributed by atoms with Gasteiger partial charge in [-0.05, 0) is 49.7 Å². The second-order valence-corrected chi connectivity index (χ2v) is 6.90. The summed E-state index contributed by atoms with van der Waals surface area (Å²) in [7, 11) is 0. The van der Waals surface area contributed by atoms with Crippen LogP contribution in [0.25, 0.3) is 0 Å². The number of hydrogen-bond acceptors (Lipinski definition) is 4. The first-order valence-electron chi connectivity index (χ1n) is 8.31. The van der Waals surface area contributed by atoms with E-state index in [1.165, 1.54) is 24.1 Å². The van der Waals surface area contributed by atoms with Gasteiger partial charge >= 0.3 is 0 Å². The Balaban J connectivity index is 1.77. The fourth-order valence-corrected chi connectivity index (χ4v) is 2.91. The molecule has 0 bridgehead atoms. The normalized spacial score (nSPS) is 10.9. The van der Waals surface area contributed by atoms with Crippen molar-refractivity contribution in [2.24, 2.45) is 5.10 Å². The maximum absolute atomic E-state index is 12.0. The molecule has 1 aromatic carbocycles. The van der Waals surface area contributed by atoms with Crippen molar-refractivity contribution in [3.63, 3.8) is 0 Å². The van der Waals surface area contributed by atoms with E-state index in [0.717, 1.165) is 23.7 Å². The number of thiophene rings is 1. The molecule has 1 aromatic heterocycles. The summed E-state index contributed by atoms with van der Waals surface area (Å²) < 4.78 is 5.67. The number of nitrogens with zero attached hydrogens (tertiary/aromatic N) is 1. The SMILES string of the molecule is CCCCCCOc1ccc(C(=O)N/N=C/c2ccc(C)s2)cc1. The molecule has 0 saturated carbocycles. The third-order valence-electron chi connectivity index (χ3n) is 3.50. The van der Waals surface area contributed by atoms with Gasteiger partial charge in [0.05, 0.1) is 12.8 Å². The zero-order valence-electron chi connectivity index (χ0n) is 14.2. The molecule has 24 heavy (non-hydrogen) atoms. The third kappa shape index (κ3) is 6.16. The quantitative estimate of drug-likeness (QED) is 0.404. The fourth-order valence-electron chi connectivity index (χ4n) is 2.16. The van der Waals surface area contributed by atoms with E-state index in [9.17, 15) is 4.79 Å². The lowest BCUT2D eigenvalue weighted by atomic mass is 10.2. The zero-order valence-corrected chi connectivity index (χ0v) is 15.1. The second-order valence-electron chi connectivity index (χ2n) is 5.58. The van der Waals surface area contributed by atoms with E-state index in [4.69, 9.17) is 4.74 Å². The van der Waals surface area contributed by atoms with Crippen LogP contribution in [0, 0.1) is 6.92 Å². The van der Waals surface area contributed by atoms with Crippen molar-refractivity contribution < 1.29 is 9.53 Å². The van der Waals surface area contributed by atoms with E-state index < -0.39 is 0 Å². The maximum Gasteiger partial charge on any atom is 0.271 e. The highest BCUT2D eigenvalue weighted by Crippen LogP contribution is 2.14. The summed E-state index contributed by atoms with van der Waals surface area (Å²) in [6, 6.07) is 11.1. The van der Waals surface area contributed by atoms with Crippen LogP contribution in [-0.4, -0.2) is 18.7 Å². The van der Waals surface area contributed by atoms with Gasteiger partial charge in [-0.1, -0.05) is 26.2 Å². The molecule has 1 N–H and O–H groups in total. The van der Waals surface area contributed by atoms with Gasteiger partial charge in [-0.3, -0.25) is 4.79 Å². The van der Waals surface area contributed by atoms with Crippen molar-refractivity contribution in [2.45, 2.75) is 39.5 Å². The number of rotatable bonds is 9. The monoisotopic (exact) mass is 344 g/mol. The Morgan fingerprint density at radius 2 is 1.96 bits per heavy atom. The van der Waals surface area contributed by atoms with Crippen LogP contribution in [0.1, 0.15) is 52.7 Å². The Labute approximate surface area is 147 Å². The molecule has 0 saturated heterocycles. The van der Waals surface area contributed by atoms with Gasteiger partial charge < -0.3 is 4.74 Å². The predicted octanol–water partition coefficient (Wildman–Crippen LogP) is 4.78. The Bertz CT molecular complexity index is 662. The molecule has 0 fully saturated rings. The number of carbonyl (C=O) groups is 1. The molecule has 0 atom stereocenters. The zero-order chi connectivity index (χ0) is 17.2. The Morgan fingerprint density at radius 3 is 2.62 bits per heavy atom.